The summed E-state index contributed by atoms with van der Waals surface area (Å²) in [6.45, 7) is 0. The van der Waals surface area contributed by atoms with Gasteiger partial charge in [-0.1, -0.05) is 121 Å². The van der Waals surface area contributed by atoms with Crippen molar-refractivity contribution in [3.8, 4) is 45.3 Å². The van der Waals surface area contributed by atoms with Gasteiger partial charge in [-0.2, -0.15) is 0 Å². The van der Waals surface area contributed by atoms with Crippen LogP contribution in [0.25, 0.3) is 45.3 Å². The Morgan fingerprint density at radius 1 is 0.438 bits per heavy atom. The summed E-state index contributed by atoms with van der Waals surface area (Å²) in [5.74, 6) is 1.37. The largest absolute Gasteiger partial charge is 0.310 e. The smallest absolute Gasteiger partial charge is 0.228 e. The molecule has 0 aliphatic heterocycles. The first-order valence-electron chi connectivity index (χ1n) is 16.2. The third-order valence-corrected chi connectivity index (χ3v) is 8.63. The highest BCUT2D eigenvalue weighted by Crippen LogP contribution is 2.32. The van der Waals surface area contributed by atoms with Crippen LogP contribution in [0.4, 0.5) is 11.6 Å². The first-order chi connectivity index (χ1) is 23.6. The molecule has 0 atom stereocenters. The normalized spacial score (nSPS) is 15.8. The highest BCUT2D eigenvalue weighted by atomic mass is 16.2. The summed E-state index contributed by atoms with van der Waals surface area (Å²) in [5, 5.41) is 6.10. The number of aromatic nitrogens is 4. The van der Waals surface area contributed by atoms with Gasteiger partial charge in [0.05, 0.1) is 11.4 Å². The molecule has 0 saturated heterocycles. The number of carbonyl (C=O) groups is 2. The molecule has 8 nitrogen and oxygen atoms in total. The van der Waals surface area contributed by atoms with Gasteiger partial charge in [-0.3, -0.25) is 9.59 Å². The fourth-order valence-corrected chi connectivity index (χ4v) is 6.04. The van der Waals surface area contributed by atoms with Gasteiger partial charge in [0.2, 0.25) is 11.8 Å². The number of nitrogens with zero attached hydrogens (tertiary/aromatic N) is 4. The van der Waals surface area contributed by atoms with Crippen LogP contribution in [0.2, 0.25) is 0 Å². The molecule has 8 heteroatoms. The van der Waals surface area contributed by atoms with Gasteiger partial charge in [0.15, 0.2) is 11.6 Å². The Kier molecular flexibility index (Phi) is 9.04. The van der Waals surface area contributed by atoms with Crippen molar-refractivity contribution in [2.24, 2.45) is 11.8 Å². The fourth-order valence-electron chi connectivity index (χ4n) is 6.04. The topological polar surface area (TPSA) is 110 Å². The van der Waals surface area contributed by atoms with E-state index in [2.05, 4.69) is 10.6 Å². The molecule has 1 fully saturated rings. The first kappa shape index (κ1) is 30.6. The number of hydrogen-bond donors (Lipinski definition) is 2. The van der Waals surface area contributed by atoms with E-state index in [0.717, 1.165) is 33.6 Å². The number of nitrogens with one attached hydrogen (secondary N) is 2. The summed E-state index contributed by atoms with van der Waals surface area (Å²) in [6.07, 6.45) is 2.39. The Balaban J connectivity index is 1.03. The van der Waals surface area contributed by atoms with Gasteiger partial charge >= 0.3 is 0 Å². The SMILES string of the molecule is O=C(Nc1cc(-c2ccccc2)nc(-c2ccccc2)n1)C1CCC(C(=O)Nc2cc(-c3ccccc3)nc(-c3ccccc3)n2)CC1. The second-order valence-electron chi connectivity index (χ2n) is 11.9. The van der Waals surface area contributed by atoms with E-state index < -0.39 is 0 Å². The lowest BCUT2D eigenvalue weighted by Gasteiger charge is -2.27. The van der Waals surface area contributed by atoms with Crippen LogP contribution in [0.5, 0.6) is 0 Å². The lowest BCUT2D eigenvalue weighted by Crippen LogP contribution is -2.32. The molecular formula is C40H34N6O2. The standard InChI is InChI=1S/C40H34N6O2/c47-39(45-35-25-33(27-13-5-1-6-14-27)41-37(43-35)29-17-9-3-10-18-29)31-21-23-32(24-22-31)40(48)46-36-26-34(28-15-7-2-8-16-28)42-38(44-36)30-19-11-4-12-20-30/h1-20,25-26,31-32H,21-24H2,(H,41,43,45,47)(H,42,44,46,48). The summed E-state index contributed by atoms with van der Waals surface area (Å²) < 4.78 is 0. The van der Waals surface area contributed by atoms with Gasteiger partial charge in [-0.05, 0) is 25.7 Å². The Labute approximate surface area is 279 Å². The van der Waals surface area contributed by atoms with Gasteiger partial charge in [0.1, 0.15) is 11.6 Å². The minimum absolute atomic E-state index is 0.0959. The van der Waals surface area contributed by atoms with Crippen LogP contribution < -0.4 is 10.6 Å². The molecule has 1 aliphatic carbocycles. The van der Waals surface area contributed by atoms with Gasteiger partial charge in [0.25, 0.3) is 0 Å². The van der Waals surface area contributed by atoms with Crippen LogP contribution in [-0.4, -0.2) is 31.8 Å². The second kappa shape index (κ2) is 14.2. The Hall–Kier alpha value is -6.02. The van der Waals surface area contributed by atoms with E-state index in [-0.39, 0.29) is 23.7 Å². The van der Waals surface area contributed by atoms with E-state index in [0.29, 0.717) is 49.0 Å². The Bertz CT molecular complexity index is 1750. The van der Waals surface area contributed by atoms with Crippen molar-refractivity contribution in [3.63, 3.8) is 0 Å². The summed E-state index contributed by atoms with van der Waals surface area (Å²) in [7, 11) is 0. The summed E-state index contributed by atoms with van der Waals surface area (Å²) >= 11 is 0. The Morgan fingerprint density at radius 2 is 0.750 bits per heavy atom. The fraction of sp³-hybridized carbons (Fsp3) is 0.150. The monoisotopic (exact) mass is 630 g/mol. The van der Waals surface area contributed by atoms with Crippen molar-refractivity contribution in [1.29, 1.82) is 0 Å². The summed E-state index contributed by atoms with van der Waals surface area (Å²) in [5.41, 5.74) is 5.08. The number of carbonyl (C=O) groups excluding carboxylic acids is 2. The van der Waals surface area contributed by atoms with E-state index in [1.807, 2.05) is 133 Å². The summed E-state index contributed by atoms with van der Waals surface area (Å²) in [6, 6.07) is 42.8. The molecule has 48 heavy (non-hydrogen) atoms. The highest BCUT2D eigenvalue weighted by molar-refractivity contribution is 5.94. The zero-order valence-corrected chi connectivity index (χ0v) is 26.3. The number of rotatable bonds is 8. The number of anilines is 2. The lowest BCUT2D eigenvalue weighted by molar-refractivity contribution is -0.125. The minimum Gasteiger partial charge on any atom is -0.310 e. The van der Waals surface area contributed by atoms with Crippen molar-refractivity contribution in [1.82, 2.24) is 19.9 Å². The van der Waals surface area contributed by atoms with Crippen LogP contribution in [0, 0.1) is 11.8 Å². The number of amides is 2. The minimum atomic E-state index is -0.224. The zero-order valence-electron chi connectivity index (χ0n) is 26.3. The molecule has 236 valence electrons. The predicted octanol–water partition coefficient (Wildman–Crippen LogP) is 8.32. The molecule has 0 unspecified atom stereocenters. The maximum absolute atomic E-state index is 13.5. The van der Waals surface area contributed by atoms with Crippen LogP contribution in [-0.2, 0) is 9.59 Å². The van der Waals surface area contributed by atoms with Crippen LogP contribution in [0.1, 0.15) is 25.7 Å². The van der Waals surface area contributed by atoms with Crippen molar-refractivity contribution in [2.45, 2.75) is 25.7 Å². The number of benzene rings is 4. The zero-order chi connectivity index (χ0) is 32.7. The molecule has 2 N–H and O–H groups in total. The van der Waals surface area contributed by atoms with E-state index in [1.54, 1.807) is 0 Å². The Morgan fingerprint density at radius 3 is 1.08 bits per heavy atom. The second-order valence-corrected chi connectivity index (χ2v) is 11.9. The molecule has 1 saturated carbocycles. The average molecular weight is 631 g/mol. The quantitative estimate of drug-likeness (QED) is 0.175. The van der Waals surface area contributed by atoms with Crippen LogP contribution in [0.15, 0.2) is 133 Å². The van der Waals surface area contributed by atoms with E-state index in [9.17, 15) is 9.59 Å². The predicted molar refractivity (Wildman–Crippen MR) is 189 cm³/mol. The molecule has 1 aliphatic rings. The first-order valence-corrected chi connectivity index (χ1v) is 16.2. The third-order valence-electron chi connectivity index (χ3n) is 8.63. The molecule has 6 aromatic rings. The van der Waals surface area contributed by atoms with E-state index in [4.69, 9.17) is 19.9 Å². The van der Waals surface area contributed by atoms with Crippen molar-refractivity contribution in [2.75, 3.05) is 10.6 Å². The van der Waals surface area contributed by atoms with Crippen molar-refractivity contribution < 1.29 is 9.59 Å². The lowest BCUT2D eigenvalue weighted by atomic mass is 9.81. The van der Waals surface area contributed by atoms with Gasteiger partial charge in [-0.15, -0.1) is 0 Å². The molecular weight excluding hydrogens is 596 g/mol. The van der Waals surface area contributed by atoms with Crippen LogP contribution >= 0.6 is 0 Å². The molecule has 2 aromatic heterocycles. The van der Waals surface area contributed by atoms with Gasteiger partial charge < -0.3 is 10.6 Å². The maximum Gasteiger partial charge on any atom is 0.228 e. The molecule has 2 amide bonds. The van der Waals surface area contributed by atoms with E-state index >= 15 is 0 Å². The third kappa shape index (κ3) is 7.18. The molecule has 4 aromatic carbocycles. The summed E-state index contributed by atoms with van der Waals surface area (Å²) in [4.78, 5) is 45.9. The number of hydrogen-bond acceptors (Lipinski definition) is 6. The van der Waals surface area contributed by atoms with Crippen molar-refractivity contribution >= 4 is 23.5 Å². The van der Waals surface area contributed by atoms with Crippen LogP contribution in [0.3, 0.4) is 0 Å². The highest BCUT2D eigenvalue weighted by Gasteiger charge is 2.31. The average Bonchev–Trinajstić information content (AvgIpc) is 3.16. The molecule has 0 radical (unpaired) electrons. The maximum atomic E-state index is 13.5. The van der Waals surface area contributed by atoms with Crippen molar-refractivity contribution in [3.05, 3.63) is 133 Å². The van der Waals surface area contributed by atoms with Gasteiger partial charge in [0, 0.05) is 46.2 Å². The molecule has 0 spiro atoms. The molecule has 0 bridgehead atoms. The molecule has 7 rings (SSSR count). The van der Waals surface area contributed by atoms with Gasteiger partial charge in [-0.25, -0.2) is 19.9 Å². The molecule has 2 heterocycles. The van der Waals surface area contributed by atoms with E-state index in [1.165, 1.54) is 0 Å².